The molecule has 0 spiro atoms. The Balaban J connectivity index is 2.33. The van der Waals surface area contributed by atoms with Crippen LogP contribution in [0.1, 0.15) is 15.9 Å². The number of hydrogen-bond donors (Lipinski definition) is 0. The molecule has 20 heavy (non-hydrogen) atoms. The molecule has 2 aromatic carbocycles. The Bertz CT molecular complexity index is 616. The van der Waals surface area contributed by atoms with Gasteiger partial charge in [0.25, 0.3) is 0 Å². The van der Waals surface area contributed by atoms with Crippen molar-refractivity contribution in [2.75, 3.05) is 0 Å². The first-order valence-corrected chi connectivity index (χ1v) is 5.81. The van der Waals surface area contributed by atoms with Gasteiger partial charge in [-0.3, -0.25) is 4.79 Å². The Hall–Kier alpha value is -2.30. The van der Waals surface area contributed by atoms with E-state index in [2.05, 4.69) is 4.74 Å². The summed E-state index contributed by atoms with van der Waals surface area (Å²) in [6.07, 6.45) is -3.95. The smallest absolute Gasteiger partial charge is 0.406 e. The number of aldehydes is 1. The number of carbonyl (C=O) groups is 1. The van der Waals surface area contributed by atoms with Crippen molar-refractivity contribution in [2.45, 2.75) is 13.3 Å². The molecule has 0 radical (unpaired) electrons. The minimum atomic E-state index is -4.70. The van der Waals surface area contributed by atoms with Crippen LogP contribution in [0, 0.1) is 6.92 Å². The van der Waals surface area contributed by atoms with Gasteiger partial charge in [-0.15, -0.1) is 13.2 Å². The molecule has 0 aliphatic heterocycles. The van der Waals surface area contributed by atoms with Crippen LogP contribution < -0.4 is 4.74 Å². The largest absolute Gasteiger partial charge is 0.573 e. The van der Waals surface area contributed by atoms with Crippen molar-refractivity contribution in [3.05, 3.63) is 53.6 Å². The first-order valence-electron chi connectivity index (χ1n) is 5.81. The van der Waals surface area contributed by atoms with Crippen LogP contribution in [0.25, 0.3) is 11.1 Å². The molecule has 2 rings (SSSR count). The highest BCUT2D eigenvalue weighted by Gasteiger charge is 2.30. The highest BCUT2D eigenvalue weighted by Crippen LogP contribution is 2.29. The Kier molecular flexibility index (Phi) is 3.79. The number of hydrogen-bond acceptors (Lipinski definition) is 2. The number of halogens is 3. The van der Waals surface area contributed by atoms with Crippen LogP contribution in [-0.2, 0) is 0 Å². The summed E-state index contributed by atoms with van der Waals surface area (Å²) in [6, 6.07) is 10.8. The monoisotopic (exact) mass is 280 g/mol. The highest BCUT2D eigenvalue weighted by molar-refractivity contribution is 5.82. The Morgan fingerprint density at radius 2 is 1.70 bits per heavy atom. The normalized spacial score (nSPS) is 11.2. The minimum Gasteiger partial charge on any atom is -0.406 e. The van der Waals surface area contributed by atoms with Crippen molar-refractivity contribution >= 4 is 6.29 Å². The number of ether oxygens (including phenoxy) is 1. The molecule has 2 aromatic rings. The van der Waals surface area contributed by atoms with Gasteiger partial charge in [-0.1, -0.05) is 30.3 Å². The zero-order valence-corrected chi connectivity index (χ0v) is 10.6. The van der Waals surface area contributed by atoms with E-state index in [1.165, 1.54) is 24.3 Å². The van der Waals surface area contributed by atoms with Gasteiger partial charge in [0.15, 0.2) is 0 Å². The SMILES string of the molecule is Cc1c(C=O)cccc1-c1ccc(OC(F)(F)F)cc1. The van der Waals surface area contributed by atoms with E-state index in [1.54, 1.807) is 19.1 Å². The third-order valence-corrected chi connectivity index (χ3v) is 2.90. The standard InChI is InChI=1S/C15H11F3O2/c1-10-12(9-19)3-2-4-14(10)11-5-7-13(8-6-11)20-15(16,17)18/h2-9H,1H3. The average Bonchev–Trinajstić information content (AvgIpc) is 2.38. The number of rotatable bonds is 3. The maximum atomic E-state index is 12.1. The van der Waals surface area contributed by atoms with Crippen LogP contribution in [0.15, 0.2) is 42.5 Å². The molecular formula is C15H11F3O2. The van der Waals surface area contributed by atoms with Crippen molar-refractivity contribution < 1.29 is 22.7 Å². The van der Waals surface area contributed by atoms with Gasteiger partial charge in [-0.2, -0.15) is 0 Å². The summed E-state index contributed by atoms with van der Waals surface area (Å²) in [4.78, 5) is 10.9. The molecule has 0 heterocycles. The summed E-state index contributed by atoms with van der Waals surface area (Å²) in [5, 5.41) is 0. The van der Waals surface area contributed by atoms with Gasteiger partial charge in [-0.05, 0) is 35.7 Å². The molecule has 0 saturated carbocycles. The lowest BCUT2D eigenvalue weighted by Gasteiger charge is -2.11. The molecule has 0 bridgehead atoms. The van der Waals surface area contributed by atoms with E-state index in [-0.39, 0.29) is 5.75 Å². The van der Waals surface area contributed by atoms with E-state index in [0.29, 0.717) is 5.56 Å². The van der Waals surface area contributed by atoms with Crippen molar-refractivity contribution in [2.24, 2.45) is 0 Å². The fourth-order valence-electron chi connectivity index (χ4n) is 1.93. The van der Waals surface area contributed by atoms with Crippen LogP contribution >= 0.6 is 0 Å². The second-order valence-corrected chi connectivity index (χ2v) is 4.21. The predicted molar refractivity (Wildman–Crippen MR) is 68.7 cm³/mol. The van der Waals surface area contributed by atoms with Crippen LogP contribution in [-0.4, -0.2) is 12.6 Å². The summed E-state index contributed by atoms with van der Waals surface area (Å²) >= 11 is 0. The molecule has 0 fully saturated rings. The number of alkyl halides is 3. The molecule has 0 aliphatic carbocycles. The van der Waals surface area contributed by atoms with Gasteiger partial charge in [0.1, 0.15) is 12.0 Å². The molecule has 0 saturated heterocycles. The molecule has 0 N–H and O–H groups in total. The quantitative estimate of drug-likeness (QED) is 0.780. The topological polar surface area (TPSA) is 26.3 Å². The van der Waals surface area contributed by atoms with Crippen LogP contribution in [0.4, 0.5) is 13.2 Å². The minimum absolute atomic E-state index is 0.273. The van der Waals surface area contributed by atoms with Gasteiger partial charge in [0.05, 0.1) is 0 Å². The maximum Gasteiger partial charge on any atom is 0.573 e. The molecule has 0 unspecified atom stereocenters. The van der Waals surface area contributed by atoms with Crippen molar-refractivity contribution in [1.82, 2.24) is 0 Å². The van der Waals surface area contributed by atoms with Gasteiger partial charge in [0.2, 0.25) is 0 Å². The summed E-state index contributed by atoms with van der Waals surface area (Å²) in [5.41, 5.74) is 2.86. The molecule has 2 nitrogen and oxygen atoms in total. The number of carbonyl (C=O) groups excluding carboxylic acids is 1. The van der Waals surface area contributed by atoms with E-state index in [4.69, 9.17) is 0 Å². The molecule has 5 heteroatoms. The van der Waals surface area contributed by atoms with Crippen molar-refractivity contribution in [1.29, 1.82) is 0 Å². The van der Waals surface area contributed by atoms with Gasteiger partial charge in [0, 0.05) is 5.56 Å². The van der Waals surface area contributed by atoms with E-state index >= 15 is 0 Å². The maximum absolute atomic E-state index is 12.1. The highest BCUT2D eigenvalue weighted by atomic mass is 19.4. The molecule has 0 aliphatic rings. The fraction of sp³-hybridized carbons (Fsp3) is 0.133. The van der Waals surface area contributed by atoms with E-state index in [9.17, 15) is 18.0 Å². The lowest BCUT2D eigenvalue weighted by atomic mass is 9.97. The Morgan fingerprint density at radius 1 is 1.05 bits per heavy atom. The van der Waals surface area contributed by atoms with Crippen molar-refractivity contribution in [3.63, 3.8) is 0 Å². The summed E-state index contributed by atoms with van der Waals surface area (Å²) in [7, 11) is 0. The average molecular weight is 280 g/mol. The van der Waals surface area contributed by atoms with Crippen LogP contribution in [0.2, 0.25) is 0 Å². The summed E-state index contributed by atoms with van der Waals surface area (Å²) in [5.74, 6) is -0.273. The first kappa shape index (κ1) is 14.1. The predicted octanol–water partition coefficient (Wildman–Crippen LogP) is 4.37. The third kappa shape index (κ3) is 3.17. The zero-order valence-electron chi connectivity index (χ0n) is 10.6. The van der Waals surface area contributed by atoms with Crippen molar-refractivity contribution in [3.8, 4) is 16.9 Å². The van der Waals surface area contributed by atoms with Gasteiger partial charge >= 0.3 is 6.36 Å². The van der Waals surface area contributed by atoms with Crippen LogP contribution in [0.3, 0.4) is 0 Å². The molecule has 0 aromatic heterocycles. The fourth-order valence-corrected chi connectivity index (χ4v) is 1.93. The lowest BCUT2D eigenvalue weighted by molar-refractivity contribution is -0.274. The van der Waals surface area contributed by atoms with Crippen LogP contribution in [0.5, 0.6) is 5.75 Å². The van der Waals surface area contributed by atoms with Gasteiger partial charge < -0.3 is 4.74 Å². The van der Waals surface area contributed by atoms with E-state index in [1.807, 2.05) is 6.07 Å². The molecule has 0 amide bonds. The number of benzene rings is 2. The van der Waals surface area contributed by atoms with E-state index in [0.717, 1.165) is 23.0 Å². The Labute approximate surface area is 113 Å². The zero-order chi connectivity index (χ0) is 14.8. The summed E-state index contributed by atoms with van der Waals surface area (Å²) in [6.45, 7) is 1.79. The third-order valence-electron chi connectivity index (χ3n) is 2.90. The summed E-state index contributed by atoms with van der Waals surface area (Å²) < 4.78 is 40.0. The van der Waals surface area contributed by atoms with E-state index < -0.39 is 6.36 Å². The first-order chi connectivity index (χ1) is 9.40. The second kappa shape index (κ2) is 5.36. The lowest BCUT2D eigenvalue weighted by Crippen LogP contribution is -2.16. The van der Waals surface area contributed by atoms with Gasteiger partial charge in [-0.25, -0.2) is 0 Å². The Morgan fingerprint density at radius 3 is 2.25 bits per heavy atom. The molecular weight excluding hydrogens is 269 g/mol. The molecule has 104 valence electrons. The second-order valence-electron chi connectivity index (χ2n) is 4.21. The molecule has 0 atom stereocenters.